The van der Waals surface area contributed by atoms with Crippen LogP contribution in [0.1, 0.15) is 37.0 Å². The molecule has 0 N–H and O–H groups in total. The van der Waals surface area contributed by atoms with Gasteiger partial charge in [0.1, 0.15) is 5.52 Å². The van der Waals surface area contributed by atoms with E-state index in [-0.39, 0.29) is 16.1 Å². The third-order valence-electron chi connectivity index (χ3n) is 6.15. The molecule has 10 nitrogen and oxygen atoms in total. The fourth-order valence-electron chi connectivity index (χ4n) is 4.09. The molecule has 2 heterocycles. The number of non-ortho nitro benzene ring substituents is 1. The van der Waals surface area contributed by atoms with Crippen LogP contribution < -0.4 is 9.54 Å². The Bertz CT molecular complexity index is 1450. The second-order valence-electron chi connectivity index (χ2n) is 8.41. The number of aromatic nitrogens is 1. The Labute approximate surface area is 206 Å². The van der Waals surface area contributed by atoms with Crippen molar-refractivity contribution in [2.75, 3.05) is 20.2 Å². The van der Waals surface area contributed by atoms with Gasteiger partial charge in [0.05, 0.1) is 27.7 Å². The molecule has 0 aliphatic carbocycles. The summed E-state index contributed by atoms with van der Waals surface area (Å²) in [6.07, 6.45) is 1.66. The smallest absolute Gasteiger partial charge is 0.279 e. The number of nitrogens with zero attached hydrogens (tertiary/aromatic N) is 4. The van der Waals surface area contributed by atoms with Crippen molar-refractivity contribution in [2.45, 2.75) is 38.1 Å². The highest BCUT2D eigenvalue weighted by atomic mass is 32.2. The maximum absolute atomic E-state index is 12.9. The molecule has 1 saturated heterocycles. The van der Waals surface area contributed by atoms with Gasteiger partial charge in [-0.15, -0.1) is 0 Å². The Morgan fingerprint density at radius 2 is 1.89 bits per heavy atom. The lowest BCUT2D eigenvalue weighted by Gasteiger charge is -2.29. The molecule has 4 rings (SSSR count). The monoisotopic (exact) mass is 518 g/mol. The normalized spacial score (nSPS) is 16.0. The van der Waals surface area contributed by atoms with E-state index < -0.39 is 20.9 Å². The SMILES string of the molecule is CCn1c(=NC(=O)c2ccc(S(=O)(=O)N3CCC(C)CC3)cc2)sc2cc([N+](=O)[O-])cc(OC)c21. The molecule has 0 radical (unpaired) electrons. The predicted molar refractivity (Wildman–Crippen MR) is 132 cm³/mol. The van der Waals surface area contributed by atoms with E-state index in [4.69, 9.17) is 4.74 Å². The van der Waals surface area contributed by atoms with Crippen molar-refractivity contribution in [3.8, 4) is 5.75 Å². The van der Waals surface area contributed by atoms with Crippen LogP contribution in [0.4, 0.5) is 5.69 Å². The summed E-state index contributed by atoms with van der Waals surface area (Å²) in [5, 5.41) is 11.3. The third-order valence-corrected chi connectivity index (χ3v) is 9.09. The Balaban J connectivity index is 1.67. The first kappa shape index (κ1) is 25.0. The van der Waals surface area contributed by atoms with Crippen LogP contribution in [0.15, 0.2) is 46.3 Å². The minimum absolute atomic E-state index is 0.114. The molecule has 35 heavy (non-hydrogen) atoms. The maximum Gasteiger partial charge on any atom is 0.279 e. The van der Waals surface area contributed by atoms with Gasteiger partial charge < -0.3 is 9.30 Å². The van der Waals surface area contributed by atoms with Crippen LogP contribution >= 0.6 is 11.3 Å². The number of hydrogen-bond acceptors (Lipinski definition) is 7. The van der Waals surface area contributed by atoms with E-state index in [1.54, 1.807) is 4.57 Å². The van der Waals surface area contributed by atoms with Gasteiger partial charge in [-0.3, -0.25) is 14.9 Å². The van der Waals surface area contributed by atoms with Gasteiger partial charge in [0.15, 0.2) is 10.6 Å². The second kappa shape index (κ2) is 9.88. The zero-order valence-corrected chi connectivity index (χ0v) is 21.3. The molecule has 1 amide bonds. The number of sulfonamides is 1. The summed E-state index contributed by atoms with van der Waals surface area (Å²) in [7, 11) is -2.18. The molecule has 0 atom stereocenters. The summed E-state index contributed by atoms with van der Waals surface area (Å²) in [5.41, 5.74) is 0.750. The molecule has 1 aromatic heterocycles. The van der Waals surface area contributed by atoms with Crippen LogP contribution in [0, 0.1) is 16.0 Å². The molecule has 0 bridgehead atoms. The lowest BCUT2D eigenvalue weighted by atomic mass is 10.0. The van der Waals surface area contributed by atoms with Gasteiger partial charge in [0.25, 0.3) is 11.6 Å². The van der Waals surface area contributed by atoms with Crippen LogP contribution in [0.25, 0.3) is 10.2 Å². The molecule has 12 heteroatoms. The molecule has 1 aliphatic heterocycles. The molecule has 186 valence electrons. The van der Waals surface area contributed by atoms with Gasteiger partial charge in [-0.25, -0.2) is 8.42 Å². The minimum Gasteiger partial charge on any atom is -0.494 e. The van der Waals surface area contributed by atoms with E-state index in [1.807, 2.05) is 6.92 Å². The standard InChI is InChI=1S/C23H26N4O6S2/c1-4-26-21-19(33-3)13-17(27(29)30)14-20(21)34-23(26)24-22(28)16-5-7-18(8-6-16)35(31,32)25-11-9-15(2)10-12-25/h5-8,13-15H,4,9-12H2,1-3H3. The Morgan fingerprint density at radius 3 is 2.46 bits per heavy atom. The first-order valence-electron chi connectivity index (χ1n) is 11.2. The topological polar surface area (TPSA) is 124 Å². The average Bonchev–Trinajstić information content (AvgIpc) is 3.20. The number of ether oxygens (including phenoxy) is 1. The molecule has 1 aliphatic rings. The van der Waals surface area contributed by atoms with Crippen molar-refractivity contribution in [1.82, 2.24) is 8.87 Å². The Morgan fingerprint density at radius 1 is 1.23 bits per heavy atom. The highest BCUT2D eigenvalue weighted by Gasteiger charge is 2.28. The number of aryl methyl sites for hydroxylation is 1. The number of thiazole rings is 1. The summed E-state index contributed by atoms with van der Waals surface area (Å²) in [6, 6.07) is 8.55. The molecule has 0 unspecified atom stereocenters. The van der Waals surface area contributed by atoms with Gasteiger partial charge in [-0.05, 0) is 49.9 Å². The van der Waals surface area contributed by atoms with Crippen molar-refractivity contribution in [2.24, 2.45) is 10.9 Å². The van der Waals surface area contributed by atoms with Gasteiger partial charge in [-0.2, -0.15) is 9.30 Å². The third kappa shape index (κ3) is 4.86. The van der Waals surface area contributed by atoms with Crippen molar-refractivity contribution < 1.29 is 22.9 Å². The predicted octanol–water partition coefficient (Wildman–Crippen LogP) is 3.80. The molecule has 0 spiro atoms. The molecule has 0 saturated carbocycles. The van der Waals surface area contributed by atoms with Gasteiger partial charge in [-0.1, -0.05) is 18.3 Å². The number of fused-ring (bicyclic) bond motifs is 1. The number of amides is 1. The van der Waals surface area contributed by atoms with Crippen LogP contribution in [0.5, 0.6) is 5.75 Å². The molecule has 2 aromatic carbocycles. The molecule has 3 aromatic rings. The Kier molecular flexibility index (Phi) is 7.06. The minimum atomic E-state index is -3.61. The van der Waals surface area contributed by atoms with Gasteiger partial charge in [0.2, 0.25) is 10.0 Å². The number of benzene rings is 2. The number of nitro benzene ring substituents is 1. The van der Waals surface area contributed by atoms with E-state index in [9.17, 15) is 23.3 Å². The quantitative estimate of drug-likeness (QED) is 0.361. The van der Waals surface area contributed by atoms with Crippen LogP contribution in [0.2, 0.25) is 0 Å². The van der Waals surface area contributed by atoms with E-state index in [0.717, 1.165) is 24.2 Å². The summed E-state index contributed by atoms with van der Waals surface area (Å²) in [5.74, 6) is 0.291. The largest absolute Gasteiger partial charge is 0.494 e. The first-order chi connectivity index (χ1) is 16.6. The Hall–Kier alpha value is -3.09. The van der Waals surface area contributed by atoms with Crippen molar-refractivity contribution >= 4 is 43.2 Å². The molecular formula is C23H26N4O6S2. The molecular weight excluding hydrogens is 492 g/mol. The number of methoxy groups -OCH3 is 1. The summed E-state index contributed by atoms with van der Waals surface area (Å²) in [6.45, 7) is 5.43. The van der Waals surface area contributed by atoms with E-state index in [2.05, 4.69) is 11.9 Å². The lowest BCUT2D eigenvalue weighted by molar-refractivity contribution is -0.384. The van der Waals surface area contributed by atoms with Crippen LogP contribution in [-0.4, -0.2) is 48.3 Å². The van der Waals surface area contributed by atoms with Crippen molar-refractivity contribution in [3.63, 3.8) is 0 Å². The van der Waals surface area contributed by atoms with Gasteiger partial charge >= 0.3 is 0 Å². The summed E-state index contributed by atoms with van der Waals surface area (Å²) >= 11 is 1.15. The highest BCUT2D eigenvalue weighted by molar-refractivity contribution is 7.89. The number of carbonyl (C=O) groups excluding carboxylic acids is 1. The number of rotatable bonds is 6. The average molecular weight is 519 g/mol. The number of hydrogen-bond donors (Lipinski definition) is 0. The van der Waals surface area contributed by atoms with Crippen LogP contribution in [0.3, 0.4) is 0 Å². The first-order valence-corrected chi connectivity index (χ1v) is 13.5. The molecule has 1 fully saturated rings. The number of piperidine rings is 1. The lowest BCUT2D eigenvalue weighted by Crippen LogP contribution is -2.37. The zero-order valence-electron chi connectivity index (χ0n) is 19.6. The second-order valence-corrected chi connectivity index (χ2v) is 11.4. The fourth-order valence-corrected chi connectivity index (χ4v) is 6.71. The zero-order chi connectivity index (χ0) is 25.3. The highest BCUT2D eigenvalue weighted by Crippen LogP contribution is 2.32. The van der Waals surface area contributed by atoms with Gasteiger partial charge in [0, 0.05) is 31.3 Å². The number of nitro groups is 1. The fraction of sp³-hybridized carbons (Fsp3) is 0.391. The summed E-state index contributed by atoms with van der Waals surface area (Å²) < 4.78 is 35.1. The van der Waals surface area contributed by atoms with Crippen molar-refractivity contribution in [1.29, 1.82) is 0 Å². The van der Waals surface area contributed by atoms with E-state index in [1.165, 1.54) is 47.8 Å². The number of carbonyl (C=O) groups is 1. The van der Waals surface area contributed by atoms with Crippen molar-refractivity contribution in [3.05, 3.63) is 56.9 Å². The van der Waals surface area contributed by atoms with Crippen LogP contribution in [-0.2, 0) is 16.6 Å². The summed E-state index contributed by atoms with van der Waals surface area (Å²) in [4.78, 5) is 28.4. The maximum atomic E-state index is 12.9. The van der Waals surface area contributed by atoms with E-state index >= 15 is 0 Å². The van der Waals surface area contributed by atoms with E-state index in [0.29, 0.717) is 46.3 Å².